The maximum Gasteiger partial charge on any atom is 0.410 e. The summed E-state index contributed by atoms with van der Waals surface area (Å²) in [5, 5.41) is 8.97. The van der Waals surface area contributed by atoms with Crippen LogP contribution in [0.15, 0.2) is 30.3 Å². The van der Waals surface area contributed by atoms with Crippen molar-refractivity contribution in [1.82, 2.24) is 4.90 Å². The Morgan fingerprint density at radius 2 is 1.95 bits per heavy atom. The summed E-state index contributed by atoms with van der Waals surface area (Å²) < 4.78 is 5.38. The van der Waals surface area contributed by atoms with Gasteiger partial charge in [0.05, 0.1) is 0 Å². The summed E-state index contributed by atoms with van der Waals surface area (Å²) in [5.41, 5.74) is 0.972. The van der Waals surface area contributed by atoms with Gasteiger partial charge in [0.1, 0.15) is 6.61 Å². The topological polar surface area (TPSA) is 66.8 Å². The number of ether oxygens (including phenoxy) is 1. The van der Waals surface area contributed by atoms with E-state index in [1.807, 2.05) is 30.3 Å². The van der Waals surface area contributed by atoms with Crippen molar-refractivity contribution in [1.29, 1.82) is 0 Å². The molecule has 22 heavy (non-hydrogen) atoms. The first-order valence-corrected chi connectivity index (χ1v) is 7.79. The lowest BCUT2D eigenvalue weighted by molar-refractivity contribution is -0.138. The molecule has 2 aliphatic rings. The van der Waals surface area contributed by atoms with Crippen LogP contribution in [0.1, 0.15) is 24.8 Å². The number of rotatable bonds is 4. The van der Waals surface area contributed by atoms with Gasteiger partial charge in [-0.15, -0.1) is 0 Å². The van der Waals surface area contributed by atoms with Gasteiger partial charge >= 0.3 is 12.1 Å². The maximum atomic E-state index is 12.2. The fraction of sp³-hybridized carbons (Fsp3) is 0.529. The number of aliphatic carboxylic acids is 1. The molecule has 1 amide bonds. The number of nitrogens with zero attached hydrogens (tertiary/aromatic N) is 1. The molecule has 2 fully saturated rings. The average molecular weight is 303 g/mol. The monoisotopic (exact) mass is 303 g/mol. The van der Waals surface area contributed by atoms with Gasteiger partial charge in [0.2, 0.25) is 0 Å². The highest BCUT2D eigenvalue weighted by Crippen LogP contribution is 2.42. The summed E-state index contributed by atoms with van der Waals surface area (Å²) in [6, 6.07) is 9.62. The molecule has 5 heteroatoms. The van der Waals surface area contributed by atoms with E-state index >= 15 is 0 Å². The Morgan fingerprint density at radius 1 is 1.18 bits per heavy atom. The second-order valence-corrected chi connectivity index (χ2v) is 6.40. The first kappa shape index (κ1) is 14.9. The van der Waals surface area contributed by atoms with Gasteiger partial charge in [-0.1, -0.05) is 30.3 Å². The number of hydrogen-bond acceptors (Lipinski definition) is 3. The summed E-state index contributed by atoms with van der Waals surface area (Å²) in [7, 11) is 0. The van der Waals surface area contributed by atoms with E-state index in [9.17, 15) is 9.59 Å². The minimum atomic E-state index is -0.740. The Kier molecular flexibility index (Phi) is 4.32. The highest BCUT2D eigenvalue weighted by atomic mass is 16.6. The Balaban J connectivity index is 1.53. The third-order valence-electron chi connectivity index (χ3n) is 4.77. The summed E-state index contributed by atoms with van der Waals surface area (Å²) in [6.07, 6.45) is 1.89. The molecule has 1 saturated heterocycles. The van der Waals surface area contributed by atoms with Gasteiger partial charge in [0.25, 0.3) is 0 Å². The number of hydrogen-bond donors (Lipinski definition) is 1. The van der Waals surface area contributed by atoms with Crippen molar-refractivity contribution >= 4 is 12.1 Å². The molecule has 0 aromatic heterocycles. The lowest BCUT2D eigenvalue weighted by atomic mass is 9.92. The van der Waals surface area contributed by atoms with E-state index in [0.717, 1.165) is 18.4 Å². The molecule has 3 rings (SSSR count). The van der Waals surface area contributed by atoms with Gasteiger partial charge in [-0.05, 0) is 36.2 Å². The standard InChI is InChI=1S/C17H21NO4/c19-16(20)8-14-6-13-7-15(14)10-18(9-13)17(21)22-11-12-4-2-1-3-5-12/h1-5,13-15H,6-11H2,(H,19,20)/t13-,14-,15+/m0/s1. The lowest BCUT2D eigenvalue weighted by Crippen LogP contribution is -2.41. The van der Waals surface area contributed by atoms with Crippen molar-refractivity contribution in [3.05, 3.63) is 35.9 Å². The molecule has 1 heterocycles. The van der Waals surface area contributed by atoms with Crippen molar-refractivity contribution in [2.45, 2.75) is 25.9 Å². The van der Waals surface area contributed by atoms with Gasteiger partial charge in [-0.25, -0.2) is 4.79 Å². The van der Waals surface area contributed by atoms with Gasteiger partial charge in [0, 0.05) is 19.5 Å². The first-order valence-electron chi connectivity index (χ1n) is 7.79. The lowest BCUT2D eigenvalue weighted by Gasteiger charge is -2.31. The van der Waals surface area contributed by atoms with Crippen LogP contribution in [0, 0.1) is 17.8 Å². The van der Waals surface area contributed by atoms with Gasteiger partial charge in [-0.3, -0.25) is 4.79 Å². The van der Waals surface area contributed by atoms with Gasteiger partial charge in [0.15, 0.2) is 0 Å². The molecule has 1 aliphatic carbocycles. The van der Waals surface area contributed by atoms with E-state index in [4.69, 9.17) is 9.84 Å². The number of carbonyl (C=O) groups is 2. The molecule has 118 valence electrons. The van der Waals surface area contributed by atoms with E-state index in [1.54, 1.807) is 4.90 Å². The van der Waals surface area contributed by atoms with Crippen LogP contribution in [0.4, 0.5) is 4.79 Å². The zero-order valence-electron chi connectivity index (χ0n) is 12.5. The van der Waals surface area contributed by atoms with Gasteiger partial charge < -0.3 is 14.7 Å². The Labute approximate surface area is 129 Å². The number of likely N-dealkylation sites (tertiary alicyclic amines) is 1. The third kappa shape index (κ3) is 3.40. The molecule has 1 aliphatic heterocycles. The quantitative estimate of drug-likeness (QED) is 0.928. The maximum absolute atomic E-state index is 12.2. The number of carboxylic acid groups (broad SMARTS) is 1. The fourth-order valence-corrected chi connectivity index (χ4v) is 3.81. The second-order valence-electron chi connectivity index (χ2n) is 6.40. The Bertz CT molecular complexity index is 545. The summed E-state index contributed by atoms with van der Waals surface area (Å²) in [5.74, 6) is 0.191. The molecule has 2 bridgehead atoms. The van der Waals surface area contributed by atoms with Crippen LogP contribution in [0.5, 0.6) is 0 Å². The van der Waals surface area contributed by atoms with E-state index in [-0.39, 0.29) is 25.0 Å². The van der Waals surface area contributed by atoms with E-state index in [1.165, 1.54) is 0 Å². The van der Waals surface area contributed by atoms with Crippen LogP contribution < -0.4 is 0 Å². The van der Waals surface area contributed by atoms with E-state index < -0.39 is 5.97 Å². The second kappa shape index (κ2) is 6.38. The summed E-state index contributed by atoms with van der Waals surface area (Å²) in [6.45, 7) is 1.60. The van der Waals surface area contributed by atoms with E-state index in [2.05, 4.69) is 0 Å². The van der Waals surface area contributed by atoms with Crippen molar-refractivity contribution in [3.63, 3.8) is 0 Å². The van der Waals surface area contributed by atoms with Gasteiger partial charge in [-0.2, -0.15) is 0 Å². The predicted octanol–water partition coefficient (Wildman–Crippen LogP) is 2.76. The number of piperidine rings is 1. The molecule has 1 saturated carbocycles. The molecule has 1 aromatic rings. The number of amides is 1. The van der Waals surface area contributed by atoms with Crippen molar-refractivity contribution in [2.75, 3.05) is 13.1 Å². The SMILES string of the molecule is O=C(O)C[C@@H]1C[C@H]2C[C@@H]1CN(C(=O)OCc1ccccc1)C2. The number of carbonyl (C=O) groups excluding carboxylic acids is 1. The fourth-order valence-electron chi connectivity index (χ4n) is 3.81. The largest absolute Gasteiger partial charge is 0.481 e. The van der Waals surface area contributed by atoms with E-state index in [0.29, 0.717) is 24.9 Å². The number of carboxylic acids is 1. The van der Waals surface area contributed by atoms with Crippen LogP contribution in [0.3, 0.4) is 0 Å². The van der Waals surface area contributed by atoms with Crippen molar-refractivity contribution in [2.24, 2.45) is 17.8 Å². The number of fused-ring (bicyclic) bond motifs is 2. The summed E-state index contributed by atoms with van der Waals surface area (Å²) >= 11 is 0. The number of benzene rings is 1. The molecule has 5 nitrogen and oxygen atoms in total. The molecule has 0 unspecified atom stereocenters. The average Bonchev–Trinajstić information content (AvgIpc) is 2.78. The minimum Gasteiger partial charge on any atom is -0.481 e. The highest BCUT2D eigenvalue weighted by Gasteiger charge is 2.42. The first-order chi connectivity index (χ1) is 10.6. The summed E-state index contributed by atoms with van der Waals surface area (Å²) in [4.78, 5) is 24.9. The van der Waals surface area contributed by atoms with Crippen LogP contribution in [0.25, 0.3) is 0 Å². The van der Waals surface area contributed by atoms with Crippen LogP contribution in [-0.2, 0) is 16.1 Å². The third-order valence-corrected chi connectivity index (χ3v) is 4.77. The normalized spacial score (nSPS) is 26.7. The molecular weight excluding hydrogens is 282 g/mol. The smallest absolute Gasteiger partial charge is 0.410 e. The zero-order chi connectivity index (χ0) is 15.5. The van der Waals surface area contributed by atoms with Crippen molar-refractivity contribution < 1.29 is 19.4 Å². The Hall–Kier alpha value is -2.04. The Morgan fingerprint density at radius 3 is 2.68 bits per heavy atom. The molecule has 1 N–H and O–H groups in total. The molecule has 0 radical (unpaired) electrons. The van der Waals surface area contributed by atoms with Crippen molar-refractivity contribution in [3.8, 4) is 0 Å². The van der Waals surface area contributed by atoms with Crippen LogP contribution >= 0.6 is 0 Å². The molecule has 3 atom stereocenters. The predicted molar refractivity (Wildman–Crippen MR) is 80.2 cm³/mol. The zero-order valence-corrected chi connectivity index (χ0v) is 12.5. The highest BCUT2D eigenvalue weighted by molar-refractivity contribution is 5.68. The molecule has 1 aromatic carbocycles. The van der Waals surface area contributed by atoms with Crippen LogP contribution in [-0.4, -0.2) is 35.2 Å². The minimum absolute atomic E-state index is 0.203. The van der Waals surface area contributed by atoms with Crippen LogP contribution in [0.2, 0.25) is 0 Å². The molecule has 0 spiro atoms. The molecular formula is C17H21NO4.